The average molecular weight is 482 g/mol. The molecule has 0 saturated carbocycles. The van der Waals surface area contributed by atoms with Gasteiger partial charge >= 0.3 is 0 Å². The van der Waals surface area contributed by atoms with Crippen molar-refractivity contribution in [2.24, 2.45) is 0 Å². The number of para-hydroxylation sites is 2. The summed E-state index contributed by atoms with van der Waals surface area (Å²) < 4.78 is 0. The Hall–Kier alpha value is -3.81. The first-order valence-electron chi connectivity index (χ1n) is 11.7. The first kappa shape index (κ1) is 24.3. The number of amides is 1. The maximum Gasteiger partial charge on any atom is 0.245 e. The van der Waals surface area contributed by atoms with Gasteiger partial charge in [0.25, 0.3) is 0 Å². The van der Waals surface area contributed by atoms with Crippen LogP contribution >= 0.6 is 11.8 Å². The molecular formula is C28H27N5OS. The second kappa shape index (κ2) is 10.2. The summed E-state index contributed by atoms with van der Waals surface area (Å²) in [6, 6.07) is 20.3. The highest BCUT2D eigenvalue weighted by atomic mass is 32.2. The highest BCUT2D eigenvalue weighted by Gasteiger charge is 2.32. The minimum atomic E-state index is -0.499. The van der Waals surface area contributed by atoms with E-state index in [1.54, 1.807) is 0 Å². The van der Waals surface area contributed by atoms with Crippen LogP contribution in [0.15, 0.2) is 53.6 Å². The number of hydrogen-bond donors (Lipinski definition) is 1. The topological polar surface area (TPSA) is 107 Å². The summed E-state index contributed by atoms with van der Waals surface area (Å²) in [5, 5.41) is 19.5. The van der Waals surface area contributed by atoms with E-state index >= 15 is 0 Å². The van der Waals surface area contributed by atoms with E-state index in [0.29, 0.717) is 22.6 Å². The van der Waals surface area contributed by atoms with Gasteiger partial charge in [0.05, 0.1) is 27.8 Å². The maximum atomic E-state index is 14.1. The monoisotopic (exact) mass is 481 g/mol. The Morgan fingerprint density at radius 2 is 1.57 bits per heavy atom. The summed E-state index contributed by atoms with van der Waals surface area (Å²) in [7, 11) is 0. The smallest absolute Gasteiger partial charge is 0.245 e. The quantitative estimate of drug-likeness (QED) is 0.457. The molecule has 0 fully saturated rings. The number of thioether (sulfide) groups is 1. The summed E-state index contributed by atoms with van der Waals surface area (Å²) in [5.74, 6) is -0.0754. The number of nitrogens with zero attached hydrogens (tertiary/aromatic N) is 4. The number of aryl methyl sites for hydroxylation is 2. The summed E-state index contributed by atoms with van der Waals surface area (Å²) in [6.45, 7) is 5.78. The first-order valence-corrected chi connectivity index (χ1v) is 12.6. The zero-order valence-electron chi connectivity index (χ0n) is 20.1. The molecule has 1 aliphatic rings. The molecule has 0 spiro atoms. The van der Waals surface area contributed by atoms with Gasteiger partial charge in [-0.25, -0.2) is 4.98 Å². The van der Waals surface area contributed by atoms with Crippen LogP contribution in [0.25, 0.3) is 0 Å². The van der Waals surface area contributed by atoms with E-state index in [0.717, 1.165) is 35.3 Å². The summed E-state index contributed by atoms with van der Waals surface area (Å²) in [6.07, 6.45) is 2.24. The Balaban J connectivity index is 1.81. The first-order chi connectivity index (χ1) is 16.9. The minimum absolute atomic E-state index is 0.0704. The number of aromatic nitrogens is 1. The van der Waals surface area contributed by atoms with Crippen molar-refractivity contribution < 1.29 is 4.79 Å². The molecule has 1 unspecified atom stereocenters. The molecule has 1 aliphatic heterocycles. The number of fused-ring (bicyclic) bond motifs is 2. The molecule has 1 amide bonds. The Bertz CT molecular complexity index is 1320. The predicted molar refractivity (Wildman–Crippen MR) is 140 cm³/mol. The number of benzene rings is 2. The Morgan fingerprint density at radius 1 is 1.03 bits per heavy atom. The Labute approximate surface area is 210 Å². The molecule has 7 heteroatoms. The number of pyridine rings is 1. The van der Waals surface area contributed by atoms with Crippen LogP contribution in [0.3, 0.4) is 0 Å². The SMILES string of the molecule is CCC(Sc1nc(N)c(C#N)c(C(C)C)c1C#N)C(=O)N1c2ccccc2CCc2ccccc21. The van der Waals surface area contributed by atoms with Crippen LogP contribution in [0.5, 0.6) is 0 Å². The van der Waals surface area contributed by atoms with Crippen LogP contribution in [0.4, 0.5) is 17.2 Å². The number of rotatable bonds is 5. The molecule has 6 nitrogen and oxygen atoms in total. The van der Waals surface area contributed by atoms with Gasteiger partial charge in [-0.3, -0.25) is 9.69 Å². The Morgan fingerprint density at radius 3 is 2.06 bits per heavy atom. The lowest BCUT2D eigenvalue weighted by atomic mass is 9.94. The number of nitrogen functional groups attached to an aromatic ring is 1. The van der Waals surface area contributed by atoms with Gasteiger partial charge in [0.2, 0.25) is 5.91 Å². The van der Waals surface area contributed by atoms with Gasteiger partial charge in [-0.15, -0.1) is 0 Å². The number of carbonyl (C=O) groups is 1. The van der Waals surface area contributed by atoms with Crippen molar-refractivity contribution in [3.8, 4) is 12.1 Å². The van der Waals surface area contributed by atoms with Crippen molar-refractivity contribution in [1.82, 2.24) is 4.98 Å². The van der Waals surface area contributed by atoms with Crippen LogP contribution in [0, 0.1) is 22.7 Å². The van der Waals surface area contributed by atoms with Crippen molar-refractivity contribution in [2.45, 2.75) is 56.2 Å². The molecule has 1 atom stereocenters. The van der Waals surface area contributed by atoms with Gasteiger partial charge in [0.1, 0.15) is 23.0 Å². The van der Waals surface area contributed by atoms with E-state index in [9.17, 15) is 15.3 Å². The highest BCUT2D eigenvalue weighted by molar-refractivity contribution is 8.00. The fourth-order valence-corrected chi connectivity index (χ4v) is 5.66. The third-order valence-corrected chi connectivity index (χ3v) is 7.62. The lowest BCUT2D eigenvalue weighted by Crippen LogP contribution is -2.34. The molecule has 0 aliphatic carbocycles. The zero-order valence-corrected chi connectivity index (χ0v) is 20.9. The molecule has 0 radical (unpaired) electrons. The molecule has 0 bridgehead atoms. The Kier molecular flexibility index (Phi) is 7.10. The molecule has 2 N–H and O–H groups in total. The van der Waals surface area contributed by atoms with Crippen molar-refractivity contribution in [3.05, 3.63) is 76.3 Å². The number of nitrogens with two attached hydrogens (primary N) is 1. The lowest BCUT2D eigenvalue weighted by Gasteiger charge is -2.28. The van der Waals surface area contributed by atoms with Crippen LogP contribution in [0.1, 0.15) is 60.9 Å². The molecular weight excluding hydrogens is 454 g/mol. The van der Waals surface area contributed by atoms with E-state index < -0.39 is 5.25 Å². The van der Waals surface area contributed by atoms with E-state index in [1.165, 1.54) is 11.8 Å². The maximum absolute atomic E-state index is 14.1. The lowest BCUT2D eigenvalue weighted by molar-refractivity contribution is -0.117. The van der Waals surface area contributed by atoms with Crippen molar-refractivity contribution in [2.75, 3.05) is 10.6 Å². The van der Waals surface area contributed by atoms with E-state index in [-0.39, 0.29) is 23.2 Å². The van der Waals surface area contributed by atoms with Gasteiger partial charge in [0.15, 0.2) is 0 Å². The predicted octanol–water partition coefficient (Wildman–Crippen LogP) is 5.86. The van der Waals surface area contributed by atoms with Crippen LogP contribution in [-0.2, 0) is 17.6 Å². The fraction of sp³-hybridized carbons (Fsp3) is 0.286. The third-order valence-electron chi connectivity index (χ3n) is 6.28. The molecule has 1 aromatic heterocycles. The van der Waals surface area contributed by atoms with Crippen LogP contribution in [-0.4, -0.2) is 16.1 Å². The van der Waals surface area contributed by atoms with Crippen LogP contribution in [0.2, 0.25) is 0 Å². The number of carbonyl (C=O) groups excluding carboxylic acids is 1. The van der Waals surface area contributed by atoms with Gasteiger partial charge in [-0.2, -0.15) is 10.5 Å². The molecule has 176 valence electrons. The van der Waals surface area contributed by atoms with E-state index in [4.69, 9.17) is 5.73 Å². The molecule has 35 heavy (non-hydrogen) atoms. The van der Waals surface area contributed by atoms with Crippen LogP contribution < -0.4 is 10.6 Å². The minimum Gasteiger partial charge on any atom is -0.383 e. The second-order valence-electron chi connectivity index (χ2n) is 8.79. The second-order valence-corrected chi connectivity index (χ2v) is 9.98. The number of hydrogen-bond acceptors (Lipinski definition) is 6. The van der Waals surface area contributed by atoms with Gasteiger partial charge in [0, 0.05) is 0 Å². The van der Waals surface area contributed by atoms with Crippen molar-refractivity contribution >= 4 is 34.9 Å². The largest absolute Gasteiger partial charge is 0.383 e. The molecule has 4 rings (SSSR count). The summed E-state index contributed by atoms with van der Waals surface area (Å²) in [5.41, 5.74) is 11.3. The number of anilines is 3. The zero-order chi connectivity index (χ0) is 25.1. The molecule has 2 aromatic carbocycles. The standard InChI is InChI=1S/C28H27N5OS/c1-4-24(35-27-21(16-30)25(17(2)3)20(15-29)26(31)32-27)28(34)33-22-11-7-5-9-18(22)13-14-19-10-6-8-12-23(19)33/h5-12,17,24H,4,13-14H2,1-3H3,(H2,31,32). The van der Waals surface area contributed by atoms with E-state index in [2.05, 4.69) is 29.3 Å². The summed E-state index contributed by atoms with van der Waals surface area (Å²) in [4.78, 5) is 20.4. The van der Waals surface area contributed by atoms with E-state index in [1.807, 2.05) is 62.1 Å². The normalized spacial score (nSPS) is 13.3. The average Bonchev–Trinajstić information content (AvgIpc) is 3.03. The highest BCUT2D eigenvalue weighted by Crippen LogP contribution is 2.40. The fourth-order valence-electron chi connectivity index (χ4n) is 4.59. The van der Waals surface area contributed by atoms with Crippen molar-refractivity contribution in [1.29, 1.82) is 10.5 Å². The molecule has 2 heterocycles. The van der Waals surface area contributed by atoms with Crippen molar-refractivity contribution in [3.63, 3.8) is 0 Å². The van der Waals surface area contributed by atoms with Gasteiger partial charge in [-0.1, -0.05) is 68.9 Å². The third kappa shape index (κ3) is 4.48. The molecule has 3 aromatic rings. The van der Waals surface area contributed by atoms with Gasteiger partial charge in [-0.05, 0) is 54.0 Å². The van der Waals surface area contributed by atoms with Gasteiger partial charge < -0.3 is 5.73 Å². The summed E-state index contributed by atoms with van der Waals surface area (Å²) >= 11 is 1.25. The number of nitriles is 2. The molecule has 0 saturated heterocycles.